The molecule has 0 bridgehead atoms. The van der Waals surface area contributed by atoms with Gasteiger partial charge in [-0.3, -0.25) is 0 Å². The summed E-state index contributed by atoms with van der Waals surface area (Å²) in [6, 6.07) is 71.9. The van der Waals surface area contributed by atoms with Gasteiger partial charge in [0.25, 0.3) is 0 Å². The number of para-hydroxylation sites is 4. The molecular weight excluding hydrogens is 619 g/mol. The van der Waals surface area contributed by atoms with Crippen LogP contribution in [0, 0.1) is 0 Å². The molecule has 240 valence electrons. The molecule has 0 fully saturated rings. The zero-order valence-electron chi connectivity index (χ0n) is 27.9. The van der Waals surface area contributed by atoms with Crippen LogP contribution >= 0.6 is 0 Å². The smallest absolute Gasteiger partial charge is 0.0548 e. The van der Waals surface area contributed by atoms with Crippen molar-refractivity contribution in [2.45, 2.75) is 0 Å². The first-order chi connectivity index (χ1) is 25.3. The molecule has 10 rings (SSSR count). The van der Waals surface area contributed by atoms with Crippen LogP contribution in [0.5, 0.6) is 0 Å². The van der Waals surface area contributed by atoms with Crippen molar-refractivity contribution in [1.29, 1.82) is 0 Å². The van der Waals surface area contributed by atoms with Crippen molar-refractivity contribution >= 4 is 60.7 Å². The maximum Gasteiger partial charge on any atom is 0.0548 e. The molecule has 0 saturated carbocycles. The van der Waals surface area contributed by atoms with Crippen LogP contribution in [0.1, 0.15) is 0 Å². The highest BCUT2D eigenvalue weighted by atomic mass is 15.1. The number of hydrogen-bond donors (Lipinski definition) is 0. The monoisotopic (exact) mass is 651 g/mol. The van der Waals surface area contributed by atoms with E-state index in [2.05, 4.69) is 214 Å². The number of fused-ring (bicyclic) bond motifs is 7. The predicted molar refractivity (Wildman–Crippen MR) is 215 cm³/mol. The van der Waals surface area contributed by atoms with E-state index in [0.29, 0.717) is 0 Å². The van der Waals surface area contributed by atoms with Crippen LogP contribution in [0.2, 0.25) is 0 Å². The van der Waals surface area contributed by atoms with Crippen molar-refractivity contribution in [3.05, 3.63) is 200 Å². The third-order valence-corrected chi connectivity index (χ3v) is 10.1. The lowest BCUT2D eigenvalue weighted by atomic mass is 10.1. The topological polar surface area (TPSA) is 13.1 Å². The molecule has 0 N–H and O–H groups in total. The molecule has 0 atom stereocenters. The standard InChI is InChI=1S/C48H33N3/c1-4-14-34(15-5-1)35-24-26-39(27-25-35)50-43-22-12-10-20-41(43)47-45(50)32-33-46-48(47)42-21-11-13-23-44(42)51(46)40-30-28-38(29-31-40)49(36-16-6-2-7-17-36)37-18-8-3-9-19-37/h1-33H. The van der Waals surface area contributed by atoms with E-state index >= 15 is 0 Å². The number of nitrogens with zero attached hydrogens (tertiary/aromatic N) is 3. The summed E-state index contributed by atoms with van der Waals surface area (Å²) in [5.74, 6) is 0. The fraction of sp³-hybridized carbons (Fsp3) is 0. The fourth-order valence-electron chi connectivity index (χ4n) is 7.86. The van der Waals surface area contributed by atoms with Crippen molar-refractivity contribution in [3.63, 3.8) is 0 Å². The summed E-state index contributed by atoms with van der Waals surface area (Å²) in [6.45, 7) is 0. The van der Waals surface area contributed by atoms with Gasteiger partial charge in [-0.15, -0.1) is 0 Å². The van der Waals surface area contributed by atoms with Crippen LogP contribution in [0.3, 0.4) is 0 Å². The van der Waals surface area contributed by atoms with Gasteiger partial charge in [0.1, 0.15) is 0 Å². The molecule has 0 saturated heterocycles. The predicted octanol–water partition coefficient (Wildman–Crippen LogP) is 13.0. The summed E-state index contributed by atoms with van der Waals surface area (Å²) in [5.41, 5.74) is 12.9. The van der Waals surface area contributed by atoms with E-state index in [9.17, 15) is 0 Å². The maximum absolute atomic E-state index is 2.42. The lowest BCUT2D eigenvalue weighted by Crippen LogP contribution is -2.09. The lowest BCUT2D eigenvalue weighted by Gasteiger charge is -2.25. The summed E-state index contributed by atoms with van der Waals surface area (Å²) in [5, 5.41) is 5.06. The molecule has 2 aromatic heterocycles. The largest absolute Gasteiger partial charge is 0.311 e. The van der Waals surface area contributed by atoms with E-state index < -0.39 is 0 Å². The van der Waals surface area contributed by atoms with Crippen molar-refractivity contribution < 1.29 is 0 Å². The van der Waals surface area contributed by atoms with E-state index in [1.165, 1.54) is 54.7 Å². The highest BCUT2D eigenvalue weighted by Gasteiger charge is 2.21. The highest BCUT2D eigenvalue weighted by molar-refractivity contribution is 6.28. The molecular formula is C48H33N3. The van der Waals surface area contributed by atoms with Gasteiger partial charge >= 0.3 is 0 Å². The van der Waals surface area contributed by atoms with E-state index in [-0.39, 0.29) is 0 Å². The minimum atomic E-state index is 1.11. The van der Waals surface area contributed by atoms with Gasteiger partial charge in [0.15, 0.2) is 0 Å². The Hall–Kier alpha value is -6.84. The Kier molecular flexibility index (Phi) is 6.81. The second kappa shape index (κ2) is 11.9. The quantitative estimate of drug-likeness (QED) is 0.174. The number of aromatic nitrogens is 2. The highest BCUT2D eigenvalue weighted by Crippen LogP contribution is 2.43. The van der Waals surface area contributed by atoms with Gasteiger partial charge in [-0.2, -0.15) is 0 Å². The fourth-order valence-corrected chi connectivity index (χ4v) is 7.86. The minimum absolute atomic E-state index is 1.11. The Morgan fingerprint density at radius 1 is 0.275 bits per heavy atom. The molecule has 10 aromatic rings. The molecule has 51 heavy (non-hydrogen) atoms. The van der Waals surface area contributed by atoms with Crippen LogP contribution in [0.4, 0.5) is 17.1 Å². The molecule has 0 radical (unpaired) electrons. The normalized spacial score (nSPS) is 11.5. The molecule has 0 aliphatic rings. The average molecular weight is 652 g/mol. The second-order valence-corrected chi connectivity index (χ2v) is 13.0. The van der Waals surface area contributed by atoms with Gasteiger partial charge < -0.3 is 14.0 Å². The maximum atomic E-state index is 2.42. The first kappa shape index (κ1) is 29.1. The Morgan fingerprint density at radius 3 is 1.14 bits per heavy atom. The first-order valence-electron chi connectivity index (χ1n) is 17.5. The zero-order chi connectivity index (χ0) is 33.7. The average Bonchev–Trinajstić information content (AvgIpc) is 3.72. The molecule has 3 nitrogen and oxygen atoms in total. The summed E-state index contributed by atoms with van der Waals surface area (Å²) < 4.78 is 4.84. The number of benzene rings is 8. The summed E-state index contributed by atoms with van der Waals surface area (Å²) in [6.07, 6.45) is 0. The van der Waals surface area contributed by atoms with Gasteiger partial charge in [0, 0.05) is 50.0 Å². The number of hydrogen-bond acceptors (Lipinski definition) is 1. The summed E-state index contributed by atoms with van der Waals surface area (Å²) in [4.78, 5) is 2.31. The van der Waals surface area contributed by atoms with Gasteiger partial charge in [0.05, 0.1) is 22.1 Å². The van der Waals surface area contributed by atoms with Crippen molar-refractivity contribution in [2.75, 3.05) is 4.90 Å². The summed E-state index contributed by atoms with van der Waals surface area (Å²) >= 11 is 0. The lowest BCUT2D eigenvalue weighted by molar-refractivity contribution is 1.17. The number of anilines is 3. The first-order valence-corrected chi connectivity index (χ1v) is 17.5. The van der Waals surface area contributed by atoms with E-state index in [1.807, 2.05) is 0 Å². The second-order valence-electron chi connectivity index (χ2n) is 13.0. The minimum Gasteiger partial charge on any atom is -0.311 e. The Morgan fingerprint density at radius 2 is 0.647 bits per heavy atom. The molecule has 8 aromatic carbocycles. The molecule has 0 aliphatic heterocycles. The van der Waals surface area contributed by atoms with E-state index in [4.69, 9.17) is 0 Å². The zero-order valence-corrected chi connectivity index (χ0v) is 27.9. The molecule has 0 amide bonds. The summed E-state index contributed by atoms with van der Waals surface area (Å²) in [7, 11) is 0. The van der Waals surface area contributed by atoms with Crippen LogP contribution in [-0.4, -0.2) is 9.13 Å². The SMILES string of the molecule is c1ccc(-c2ccc(-n3c4ccccc4c4c5c6ccccc6n(-c6ccc(N(c7ccccc7)c7ccccc7)cc6)c5ccc43)cc2)cc1. The van der Waals surface area contributed by atoms with Crippen LogP contribution in [0.25, 0.3) is 66.1 Å². The Balaban J connectivity index is 1.16. The Labute approximate surface area is 296 Å². The van der Waals surface area contributed by atoms with Crippen molar-refractivity contribution in [3.8, 4) is 22.5 Å². The van der Waals surface area contributed by atoms with Crippen molar-refractivity contribution in [2.24, 2.45) is 0 Å². The van der Waals surface area contributed by atoms with Crippen LogP contribution in [-0.2, 0) is 0 Å². The number of rotatable bonds is 6. The molecule has 2 heterocycles. The third-order valence-electron chi connectivity index (χ3n) is 10.1. The van der Waals surface area contributed by atoms with Crippen LogP contribution in [0.15, 0.2) is 200 Å². The van der Waals surface area contributed by atoms with Gasteiger partial charge in [-0.1, -0.05) is 115 Å². The van der Waals surface area contributed by atoms with Gasteiger partial charge in [-0.05, 0) is 96.1 Å². The van der Waals surface area contributed by atoms with Crippen molar-refractivity contribution in [1.82, 2.24) is 9.13 Å². The Bertz CT molecular complexity index is 2770. The van der Waals surface area contributed by atoms with Crippen LogP contribution < -0.4 is 4.90 Å². The molecule has 0 spiro atoms. The molecule has 3 heteroatoms. The third kappa shape index (κ3) is 4.74. The van der Waals surface area contributed by atoms with E-state index in [1.54, 1.807) is 0 Å². The molecule has 0 unspecified atom stereocenters. The van der Waals surface area contributed by atoms with E-state index in [0.717, 1.165) is 28.4 Å². The molecule has 0 aliphatic carbocycles. The van der Waals surface area contributed by atoms with Gasteiger partial charge in [-0.25, -0.2) is 0 Å². The van der Waals surface area contributed by atoms with Gasteiger partial charge in [0.2, 0.25) is 0 Å².